The molecule has 0 bridgehead atoms. The highest BCUT2D eigenvalue weighted by Crippen LogP contribution is 2.22. The first-order chi connectivity index (χ1) is 10.7. The highest BCUT2D eigenvalue weighted by molar-refractivity contribution is 9.10. The molecule has 2 aromatic rings. The first kappa shape index (κ1) is 16.5. The molecule has 2 aromatic carbocycles. The smallest absolute Gasteiger partial charge is 0.252 e. The van der Waals surface area contributed by atoms with Gasteiger partial charge in [-0.05, 0) is 45.3 Å². The minimum atomic E-state index is -0.155. The van der Waals surface area contributed by atoms with Crippen LogP contribution in [0.1, 0.15) is 21.5 Å². The topological polar surface area (TPSA) is 47.6 Å². The normalized spacial score (nSPS) is 10.3. The summed E-state index contributed by atoms with van der Waals surface area (Å²) >= 11 is 3.39. The van der Waals surface area contributed by atoms with Gasteiger partial charge in [-0.25, -0.2) is 0 Å². The molecule has 0 spiro atoms. The molecule has 1 amide bonds. The Morgan fingerprint density at radius 3 is 2.55 bits per heavy atom. The number of carbonyl (C=O) groups excluding carboxylic acids is 1. The molecule has 5 heteroatoms. The first-order valence-electron chi connectivity index (χ1n) is 6.83. The summed E-state index contributed by atoms with van der Waals surface area (Å²) in [7, 11) is 3.23. The van der Waals surface area contributed by atoms with Gasteiger partial charge in [0.1, 0.15) is 5.75 Å². The third kappa shape index (κ3) is 4.08. The number of hydrogen-bond acceptors (Lipinski definition) is 3. The van der Waals surface area contributed by atoms with Gasteiger partial charge < -0.3 is 14.8 Å². The number of rotatable bonds is 6. The molecular weight excluding hydrogens is 346 g/mol. The molecule has 1 N–H and O–H groups in total. The van der Waals surface area contributed by atoms with Crippen molar-refractivity contribution in [2.24, 2.45) is 0 Å². The molecule has 0 radical (unpaired) electrons. The van der Waals surface area contributed by atoms with Gasteiger partial charge in [0, 0.05) is 18.1 Å². The number of halogens is 1. The van der Waals surface area contributed by atoms with Gasteiger partial charge in [-0.3, -0.25) is 4.79 Å². The van der Waals surface area contributed by atoms with Gasteiger partial charge >= 0.3 is 0 Å². The average Bonchev–Trinajstić information content (AvgIpc) is 2.54. The molecule has 0 saturated heterocycles. The Kier molecular flexibility index (Phi) is 5.98. The maximum atomic E-state index is 12.3. The molecule has 0 aliphatic rings. The minimum absolute atomic E-state index is 0.155. The lowest BCUT2D eigenvalue weighted by atomic mass is 10.1. The van der Waals surface area contributed by atoms with Crippen molar-refractivity contribution in [1.82, 2.24) is 5.32 Å². The summed E-state index contributed by atoms with van der Waals surface area (Å²) in [6.45, 7) is 0.969. The minimum Gasteiger partial charge on any atom is -0.497 e. The van der Waals surface area contributed by atoms with Crippen LogP contribution in [0.2, 0.25) is 0 Å². The lowest BCUT2D eigenvalue weighted by Crippen LogP contribution is -2.23. The van der Waals surface area contributed by atoms with Crippen molar-refractivity contribution in [3.05, 3.63) is 63.6 Å². The van der Waals surface area contributed by atoms with Crippen LogP contribution in [-0.4, -0.2) is 20.1 Å². The Balaban J connectivity index is 2.10. The molecule has 0 aliphatic carbocycles. The Morgan fingerprint density at radius 2 is 1.86 bits per heavy atom. The zero-order valence-corrected chi connectivity index (χ0v) is 14.1. The van der Waals surface area contributed by atoms with E-state index in [2.05, 4.69) is 21.2 Å². The van der Waals surface area contributed by atoms with Crippen LogP contribution in [0.15, 0.2) is 46.9 Å². The molecule has 2 rings (SSSR count). The van der Waals surface area contributed by atoms with E-state index in [4.69, 9.17) is 9.47 Å². The van der Waals surface area contributed by atoms with Crippen LogP contribution in [-0.2, 0) is 17.9 Å². The standard InChI is InChI=1S/C17H18BrNO3/c1-21-11-13-6-4-3-5-12(13)10-19-17(20)15-9-14(22-2)7-8-16(15)18/h3-9H,10-11H2,1-2H3,(H,19,20). The summed E-state index contributed by atoms with van der Waals surface area (Å²) < 4.78 is 11.1. The fourth-order valence-electron chi connectivity index (χ4n) is 2.10. The van der Waals surface area contributed by atoms with Crippen LogP contribution < -0.4 is 10.1 Å². The molecular formula is C17H18BrNO3. The maximum absolute atomic E-state index is 12.3. The molecule has 0 heterocycles. The first-order valence-corrected chi connectivity index (χ1v) is 7.62. The number of methoxy groups -OCH3 is 2. The van der Waals surface area contributed by atoms with Gasteiger partial charge in [-0.2, -0.15) is 0 Å². The number of hydrogen-bond donors (Lipinski definition) is 1. The van der Waals surface area contributed by atoms with Crippen molar-refractivity contribution in [3.63, 3.8) is 0 Å². The molecule has 4 nitrogen and oxygen atoms in total. The number of benzene rings is 2. The molecule has 0 aromatic heterocycles. The second-order valence-electron chi connectivity index (χ2n) is 4.73. The number of ether oxygens (including phenoxy) is 2. The number of carbonyl (C=O) groups is 1. The second kappa shape index (κ2) is 7.96. The molecule has 0 aliphatic heterocycles. The zero-order valence-electron chi connectivity index (χ0n) is 12.6. The van der Waals surface area contributed by atoms with E-state index in [1.54, 1.807) is 32.4 Å². The van der Waals surface area contributed by atoms with E-state index in [0.717, 1.165) is 15.6 Å². The third-order valence-electron chi connectivity index (χ3n) is 3.28. The summed E-state index contributed by atoms with van der Waals surface area (Å²) in [5.74, 6) is 0.492. The molecule has 0 atom stereocenters. The van der Waals surface area contributed by atoms with Gasteiger partial charge in [0.25, 0.3) is 5.91 Å². The average molecular weight is 364 g/mol. The summed E-state index contributed by atoms with van der Waals surface area (Å²) in [5, 5.41) is 2.93. The molecule has 0 unspecified atom stereocenters. The van der Waals surface area contributed by atoms with Crippen LogP contribution in [0.5, 0.6) is 5.75 Å². The Bertz CT molecular complexity index is 658. The van der Waals surface area contributed by atoms with Gasteiger partial charge in [0.05, 0.1) is 19.3 Å². The van der Waals surface area contributed by atoms with E-state index in [1.165, 1.54) is 0 Å². The van der Waals surface area contributed by atoms with Crippen molar-refractivity contribution in [3.8, 4) is 5.75 Å². The quantitative estimate of drug-likeness (QED) is 0.853. The van der Waals surface area contributed by atoms with Crippen LogP contribution in [0.25, 0.3) is 0 Å². The van der Waals surface area contributed by atoms with E-state index in [9.17, 15) is 4.79 Å². The van der Waals surface area contributed by atoms with Crippen LogP contribution in [0.4, 0.5) is 0 Å². The highest BCUT2D eigenvalue weighted by atomic mass is 79.9. The fourth-order valence-corrected chi connectivity index (χ4v) is 2.53. The molecule has 0 fully saturated rings. The monoisotopic (exact) mass is 363 g/mol. The Hall–Kier alpha value is -1.85. The second-order valence-corrected chi connectivity index (χ2v) is 5.58. The zero-order chi connectivity index (χ0) is 15.9. The summed E-state index contributed by atoms with van der Waals surface area (Å²) in [5.41, 5.74) is 2.65. The third-order valence-corrected chi connectivity index (χ3v) is 3.97. The lowest BCUT2D eigenvalue weighted by molar-refractivity contribution is 0.0949. The van der Waals surface area contributed by atoms with E-state index < -0.39 is 0 Å². The van der Waals surface area contributed by atoms with Crippen molar-refractivity contribution < 1.29 is 14.3 Å². The van der Waals surface area contributed by atoms with Gasteiger partial charge in [-0.15, -0.1) is 0 Å². The van der Waals surface area contributed by atoms with Crippen LogP contribution in [0.3, 0.4) is 0 Å². The van der Waals surface area contributed by atoms with Gasteiger partial charge in [0.2, 0.25) is 0 Å². The van der Waals surface area contributed by atoms with Crippen LogP contribution >= 0.6 is 15.9 Å². The predicted octanol–water partition coefficient (Wildman–Crippen LogP) is 3.53. The maximum Gasteiger partial charge on any atom is 0.252 e. The van der Waals surface area contributed by atoms with Crippen molar-refractivity contribution in [2.45, 2.75) is 13.2 Å². The largest absolute Gasteiger partial charge is 0.497 e. The highest BCUT2D eigenvalue weighted by Gasteiger charge is 2.12. The Labute approximate surface area is 138 Å². The van der Waals surface area contributed by atoms with Gasteiger partial charge in [0.15, 0.2) is 0 Å². The number of nitrogens with one attached hydrogen (secondary N) is 1. The molecule has 116 valence electrons. The summed E-state index contributed by atoms with van der Waals surface area (Å²) in [6.07, 6.45) is 0. The fraction of sp³-hybridized carbons (Fsp3) is 0.235. The number of amides is 1. The molecule has 0 saturated carbocycles. The van der Waals surface area contributed by atoms with Crippen molar-refractivity contribution >= 4 is 21.8 Å². The predicted molar refractivity (Wildman–Crippen MR) is 89.0 cm³/mol. The van der Waals surface area contributed by atoms with Crippen LogP contribution in [0, 0.1) is 0 Å². The summed E-state index contributed by atoms with van der Waals surface area (Å²) in [6, 6.07) is 13.2. The summed E-state index contributed by atoms with van der Waals surface area (Å²) in [4.78, 5) is 12.3. The van der Waals surface area contributed by atoms with E-state index >= 15 is 0 Å². The van der Waals surface area contributed by atoms with Gasteiger partial charge in [-0.1, -0.05) is 24.3 Å². The van der Waals surface area contributed by atoms with Crippen molar-refractivity contribution in [2.75, 3.05) is 14.2 Å². The Morgan fingerprint density at radius 1 is 1.14 bits per heavy atom. The lowest BCUT2D eigenvalue weighted by Gasteiger charge is -2.11. The van der Waals surface area contributed by atoms with Crippen molar-refractivity contribution in [1.29, 1.82) is 0 Å². The van der Waals surface area contributed by atoms with E-state index in [1.807, 2.05) is 24.3 Å². The van der Waals surface area contributed by atoms with E-state index in [-0.39, 0.29) is 5.91 Å². The molecule has 22 heavy (non-hydrogen) atoms. The van der Waals surface area contributed by atoms with E-state index in [0.29, 0.717) is 24.5 Å². The SMILES string of the molecule is COCc1ccccc1CNC(=O)c1cc(OC)ccc1Br.